The third-order valence-electron chi connectivity index (χ3n) is 2.82. The van der Waals surface area contributed by atoms with Gasteiger partial charge in [-0.25, -0.2) is 4.98 Å². The molecule has 2 rings (SSSR count). The molecule has 0 bridgehead atoms. The molecule has 1 N–H and O–H groups in total. The van der Waals surface area contributed by atoms with E-state index in [-0.39, 0.29) is 5.91 Å². The lowest BCUT2D eigenvalue weighted by atomic mass is 10.3. The molecule has 0 aliphatic carbocycles. The lowest BCUT2D eigenvalue weighted by Gasteiger charge is -2.15. The molecule has 17 heavy (non-hydrogen) atoms. The van der Waals surface area contributed by atoms with Crippen LogP contribution in [0.5, 0.6) is 0 Å². The number of pyridine rings is 1. The minimum Gasteiger partial charge on any atom is -0.370 e. The number of carbonyl (C=O) groups excluding carboxylic acids is 1. The number of rotatable bonds is 4. The van der Waals surface area contributed by atoms with Crippen molar-refractivity contribution in [1.82, 2.24) is 9.88 Å². The number of amides is 1. The highest BCUT2D eigenvalue weighted by molar-refractivity contribution is 6.29. The highest BCUT2D eigenvalue weighted by Crippen LogP contribution is 2.11. The molecule has 0 atom stereocenters. The third kappa shape index (κ3) is 3.60. The van der Waals surface area contributed by atoms with Crippen LogP contribution in [0.1, 0.15) is 19.3 Å². The Morgan fingerprint density at radius 1 is 1.41 bits per heavy atom. The highest BCUT2D eigenvalue weighted by Gasteiger charge is 2.16. The number of halogens is 1. The summed E-state index contributed by atoms with van der Waals surface area (Å²) in [6.45, 7) is 2.42. The average Bonchev–Trinajstić information content (AvgIpc) is 2.82. The van der Waals surface area contributed by atoms with Crippen molar-refractivity contribution in [3.05, 3.63) is 23.4 Å². The van der Waals surface area contributed by atoms with Gasteiger partial charge in [-0.1, -0.05) is 17.7 Å². The van der Waals surface area contributed by atoms with Gasteiger partial charge in [0, 0.05) is 26.1 Å². The number of hydrogen-bond acceptors (Lipinski definition) is 3. The minimum absolute atomic E-state index is 0.219. The van der Waals surface area contributed by atoms with Gasteiger partial charge in [-0.15, -0.1) is 0 Å². The number of aromatic nitrogens is 1. The monoisotopic (exact) mass is 253 g/mol. The Kier molecular flexibility index (Phi) is 4.20. The number of likely N-dealkylation sites (tertiary alicyclic amines) is 1. The molecular weight excluding hydrogens is 238 g/mol. The van der Waals surface area contributed by atoms with Crippen LogP contribution in [0.2, 0.25) is 5.15 Å². The summed E-state index contributed by atoms with van der Waals surface area (Å²) in [4.78, 5) is 17.8. The second-order valence-corrected chi connectivity index (χ2v) is 4.50. The maximum absolute atomic E-state index is 11.7. The van der Waals surface area contributed by atoms with E-state index in [0.717, 1.165) is 25.9 Å². The van der Waals surface area contributed by atoms with E-state index in [2.05, 4.69) is 10.3 Å². The molecule has 1 amide bonds. The van der Waals surface area contributed by atoms with Crippen molar-refractivity contribution in [2.75, 3.05) is 25.0 Å². The first-order valence-corrected chi connectivity index (χ1v) is 6.28. The molecule has 5 heteroatoms. The summed E-state index contributed by atoms with van der Waals surface area (Å²) >= 11 is 5.76. The van der Waals surface area contributed by atoms with Gasteiger partial charge < -0.3 is 10.2 Å². The first-order chi connectivity index (χ1) is 8.25. The van der Waals surface area contributed by atoms with Crippen LogP contribution in [0.15, 0.2) is 18.2 Å². The molecule has 92 valence electrons. The van der Waals surface area contributed by atoms with Crippen LogP contribution in [0.4, 0.5) is 5.82 Å². The lowest BCUT2D eigenvalue weighted by Crippen LogP contribution is -2.29. The number of hydrogen-bond donors (Lipinski definition) is 1. The van der Waals surface area contributed by atoms with Gasteiger partial charge in [0.15, 0.2) is 0 Å². The van der Waals surface area contributed by atoms with E-state index >= 15 is 0 Å². The van der Waals surface area contributed by atoms with Crippen LogP contribution >= 0.6 is 11.6 Å². The Balaban J connectivity index is 1.73. The predicted octanol–water partition coefficient (Wildman–Crippen LogP) is 2.16. The van der Waals surface area contributed by atoms with Crippen molar-refractivity contribution in [2.24, 2.45) is 0 Å². The van der Waals surface area contributed by atoms with E-state index in [1.54, 1.807) is 6.07 Å². The zero-order valence-corrected chi connectivity index (χ0v) is 10.4. The van der Waals surface area contributed by atoms with Gasteiger partial charge in [0.2, 0.25) is 5.91 Å². The number of nitrogens with one attached hydrogen (secondary N) is 1. The Morgan fingerprint density at radius 2 is 2.18 bits per heavy atom. The molecule has 0 spiro atoms. The zero-order valence-electron chi connectivity index (χ0n) is 9.66. The summed E-state index contributed by atoms with van der Waals surface area (Å²) in [5.41, 5.74) is 0. The average molecular weight is 254 g/mol. The molecule has 4 nitrogen and oxygen atoms in total. The van der Waals surface area contributed by atoms with Gasteiger partial charge in [-0.3, -0.25) is 4.79 Å². The maximum atomic E-state index is 11.7. The Labute approximate surface area is 106 Å². The normalized spacial score (nSPS) is 15.0. The Bertz CT molecular complexity index is 391. The smallest absolute Gasteiger partial charge is 0.224 e. The molecule has 0 radical (unpaired) electrons. The van der Waals surface area contributed by atoms with E-state index < -0.39 is 0 Å². The largest absolute Gasteiger partial charge is 0.370 e. The molecule has 1 aromatic rings. The minimum atomic E-state index is 0.219. The van der Waals surface area contributed by atoms with Gasteiger partial charge in [0.25, 0.3) is 0 Å². The van der Waals surface area contributed by atoms with E-state index in [1.165, 1.54) is 0 Å². The van der Waals surface area contributed by atoms with Crippen LogP contribution in [-0.4, -0.2) is 35.4 Å². The third-order valence-corrected chi connectivity index (χ3v) is 3.03. The van der Waals surface area contributed by atoms with Gasteiger partial charge in [-0.05, 0) is 25.0 Å². The predicted molar refractivity (Wildman–Crippen MR) is 68.2 cm³/mol. The van der Waals surface area contributed by atoms with Gasteiger partial charge in [0.05, 0.1) is 0 Å². The first-order valence-electron chi connectivity index (χ1n) is 5.90. The molecule has 1 aromatic heterocycles. The van der Waals surface area contributed by atoms with Crippen molar-refractivity contribution in [2.45, 2.75) is 19.3 Å². The highest BCUT2D eigenvalue weighted by atomic mass is 35.5. The van der Waals surface area contributed by atoms with E-state index in [0.29, 0.717) is 23.9 Å². The first kappa shape index (κ1) is 12.2. The molecule has 2 heterocycles. The molecule has 1 aliphatic heterocycles. The topological polar surface area (TPSA) is 45.2 Å². The summed E-state index contributed by atoms with van der Waals surface area (Å²) in [6, 6.07) is 5.40. The summed E-state index contributed by atoms with van der Waals surface area (Å²) in [5, 5.41) is 3.56. The molecule has 1 aliphatic rings. The van der Waals surface area contributed by atoms with Crippen molar-refractivity contribution < 1.29 is 4.79 Å². The summed E-state index contributed by atoms with van der Waals surface area (Å²) in [5.74, 6) is 0.934. The fourth-order valence-electron chi connectivity index (χ4n) is 1.93. The van der Waals surface area contributed by atoms with Crippen molar-refractivity contribution in [3.63, 3.8) is 0 Å². The van der Waals surface area contributed by atoms with Crippen LogP contribution < -0.4 is 5.32 Å². The van der Waals surface area contributed by atoms with Gasteiger partial charge in [-0.2, -0.15) is 0 Å². The zero-order chi connectivity index (χ0) is 12.1. The van der Waals surface area contributed by atoms with Crippen molar-refractivity contribution in [1.29, 1.82) is 0 Å². The quantitative estimate of drug-likeness (QED) is 0.837. The maximum Gasteiger partial charge on any atom is 0.224 e. The molecular formula is C12H16ClN3O. The van der Waals surface area contributed by atoms with E-state index in [4.69, 9.17) is 11.6 Å². The van der Waals surface area contributed by atoms with Crippen molar-refractivity contribution >= 4 is 23.3 Å². The van der Waals surface area contributed by atoms with Crippen LogP contribution in [-0.2, 0) is 4.79 Å². The SMILES string of the molecule is O=C(CCNc1cccc(Cl)n1)N1CCCC1. The van der Waals surface area contributed by atoms with E-state index in [1.807, 2.05) is 17.0 Å². The fraction of sp³-hybridized carbons (Fsp3) is 0.500. The molecule has 0 aromatic carbocycles. The summed E-state index contributed by atoms with van der Waals surface area (Å²) in [6.07, 6.45) is 2.78. The van der Waals surface area contributed by atoms with Gasteiger partial charge >= 0.3 is 0 Å². The lowest BCUT2D eigenvalue weighted by molar-refractivity contribution is -0.129. The number of carbonyl (C=O) groups is 1. The fourth-order valence-corrected chi connectivity index (χ4v) is 2.09. The standard InChI is InChI=1S/C12H16ClN3O/c13-10-4-3-5-11(15-10)14-7-6-12(17)16-8-1-2-9-16/h3-5H,1-2,6-9H2,(H,14,15). The van der Waals surface area contributed by atoms with E-state index in [9.17, 15) is 4.79 Å². The summed E-state index contributed by atoms with van der Waals surface area (Å²) < 4.78 is 0. The van der Waals surface area contributed by atoms with Crippen LogP contribution in [0, 0.1) is 0 Å². The Hall–Kier alpha value is -1.29. The second kappa shape index (κ2) is 5.87. The van der Waals surface area contributed by atoms with Gasteiger partial charge in [0.1, 0.15) is 11.0 Å². The summed E-state index contributed by atoms with van der Waals surface area (Å²) in [7, 11) is 0. The Morgan fingerprint density at radius 3 is 2.88 bits per heavy atom. The van der Waals surface area contributed by atoms with Crippen LogP contribution in [0.25, 0.3) is 0 Å². The molecule has 1 saturated heterocycles. The number of nitrogens with zero attached hydrogens (tertiary/aromatic N) is 2. The molecule has 1 fully saturated rings. The van der Waals surface area contributed by atoms with Crippen LogP contribution in [0.3, 0.4) is 0 Å². The van der Waals surface area contributed by atoms with Crippen molar-refractivity contribution in [3.8, 4) is 0 Å². The molecule has 0 unspecified atom stereocenters. The second-order valence-electron chi connectivity index (χ2n) is 4.11. The number of anilines is 1. The molecule has 0 saturated carbocycles.